The fourth-order valence-electron chi connectivity index (χ4n) is 1.87. The first-order chi connectivity index (χ1) is 9.38. The Bertz CT molecular complexity index is 527. The second-order valence-electron chi connectivity index (χ2n) is 4.60. The van der Waals surface area contributed by atoms with E-state index in [1.807, 2.05) is 20.8 Å². The molecular formula is C12H24N4O3S. The lowest BCUT2D eigenvalue weighted by Crippen LogP contribution is -2.40. The van der Waals surface area contributed by atoms with Crippen molar-refractivity contribution in [2.75, 3.05) is 26.0 Å². The molecular weight excluding hydrogens is 280 g/mol. The number of nitrogen functional groups attached to an aromatic ring is 1. The minimum atomic E-state index is -3.66. The van der Waals surface area contributed by atoms with Gasteiger partial charge in [-0.15, -0.1) is 0 Å². The molecule has 0 amide bonds. The van der Waals surface area contributed by atoms with E-state index in [-0.39, 0.29) is 16.8 Å². The molecule has 0 aromatic carbocycles. The van der Waals surface area contributed by atoms with Crippen molar-refractivity contribution in [1.82, 2.24) is 14.1 Å². The van der Waals surface area contributed by atoms with Crippen LogP contribution in [0.4, 0.5) is 5.82 Å². The average Bonchev–Trinajstić information content (AvgIpc) is 2.80. The number of nitrogens with two attached hydrogens (primary N) is 1. The Labute approximate surface area is 120 Å². The number of aryl methyl sites for hydroxylation is 1. The van der Waals surface area contributed by atoms with Gasteiger partial charge < -0.3 is 10.5 Å². The summed E-state index contributed by atoms with van der Waals surface area (Å²) in [4.78, 5) is 0.0655. The molecule has 0 aliphatic rings. The van der Waals surface area contributed by atoms with Crippen LogP contribution in [0.25, 0.3) is 0 Å². The average molecular weight is 304 g/mol. The summed E-state index contributed by atoms with van der Waals surface area (Å²) in [5, 5.41) is 4.00. The molecule has 1 rings (SSSR count). The van der Waals surface area contributed by atoms with Crippen LogP contribution >= 0.6 is 0 Å². The summed E-state index contributed by atoms with van der Waals surface area (Å²) in [7, 11) is -2.11. The Morgan fingerprint density at radius 2 is 2.15 bits per heavy atom. The van der Waals surface area contributed by atoms with Gasteiger partial charge >= 0.3 is 0 Å². The summed E-state index contributed by atoms with van der Waals surface area (Å²) in [6, 6.07) is -0.125. The van der Waals surface area contributed by atoms with Crippen LogP contribution in [0.3, 0.4) is 0 Å². The second-order valence-corrected chi connectivity index (χ2v) is 6.46. The second kappa shape index (κ2) is 7.05. The lowest BCUT2D eigenvalue weighted by atomic mass is 10.3. The topological polar surface area (TPSA) is 90.5 Å². The highest BCUT2D eigenvalue weighted by molar-refractivity contribution is 7.89. The number of sulfonamides is 1. The molecule has 0 bridgehead atoms. The zero-order valence-electron chi connectivity index (χ0n) is 12.5. The molecule has 2 N–H and O–H groups in total. The highest BCUT2D eigenvalue weighted by Crippen LogP contribution is 2.23. The van der Waals surface area contributed by atoms with Gasteiger partial charge in [-0.05, 0) is 20.3 Å². The maximum absolute atomic E-state index is 12.7. The van der Waals surface area contributed by atoms with Crippen molar-refractivity contribution < 1.29 is 13.2 Å². The number of anilines is 1. The van der Waals surface area contributed by atoms with Crippen LogP contribution in [0.15, 0.2) is 11.1 Å². The van der Waals surface area contributed by atoms with Crippen molar-refractivity contribution in [2.45, 2.75) is 44.7 Å². The Hall–Kier alpha value is -1.12. The highest BCUT2D eigenvalue weighted by atomic mass is 32.2. The van der Waals surface area contributed by atoms with Crippen molar-refractivity contribution >= 4 is 15.8 Å². The molecule has 0 radical (unpaired) electrons. The monoisotopic (exact) mass is 304 g/mol. The van der Waals surface area contributed by atoms with Gasteiger partial charge in [0, 0.05) is 32.4 Å². The van der Waals surface area contributed by atoms with Crippen LogP contribution in [-0.2, 0) is 21.3 Å². The third kappa shape index (κ3) is 3.50. The summed E-state index contributed by atoms with van der Waals surface area (Å²) >= 11 is 0. The van der Waals surface area contributed by atoms with Crippen molar-refractivity contribution in [3.8, 4) is 0 Å². The van der Waals surface area contributed by atoms with E-state index in [1.54, 1.807) is 7.11 Å². The Balaban J connectivity index is 3.17. The predicted molar refractivity (Wildman–Crippen MR) is 77.8 cm³/mol. The van der Waals surface area contributed by atoms with E-state index in [2.05, 4.69) is 5.10 Å². The minimum Gasteiger partial charge on any atom is -0.383 e. The Kier molecular flexibility index (Phi) is 5.97. The molecule has 1 heterocycles. The van der Waals surface area contributed by atoms with Gasteiger partial charge in [-0.1, -0.05) is 6.92 Å². The van der Waals surface area contributed by atoms with Gasteiger partial charge in [0.25, 0.3) is 0 Å². The first kappa shape index (κ1) is 16.9. The number of ether oxygens (including phenoxy) is 1. The van der Waals surface area contributed by atoms with Crippen LogP contribution in [0.1, 0.15) is 27.2 Å². The van der Waals surface area contributed by atoms with Crippen molar-refractivity contribution in [2.24, 2.45) is 0 Å². The van der Waals surface area contributed by atoms with E-state index in [0.29, 0.717) is 26.1 Å². The van der Waals surface area contributed by atoms with E-state index < -0.39 is 10.0 Å². The van der Waals surface area contributed by atoms with Crippen LogP contribution in [-0.4, -0.2) is 48.8 Å². The maximum Gasteiger partial charge on any atom is 0.248 e. The van der Waals surface area contributed by atoms with E-state index in [9.17, 15) is 8.42 Å². The van der Waals surface area contributed by atoms with Crippen molar-refractivity contribution in [3.05, 3.63) is 6.20 Å². The largest absolute Gasteiger partial charge is 0.383 e. The van der Waals surface area contributed by atoms with Crippen molar-refractivity contribution in [1.29, 1.82) is 0 Å². The summed E-state index contributed by atoms with van der Waals surface area (Å²) in [6.07, 6.45) is 2.19. The van der Waals surface area contributed by atoms with Gasteiger partial charge in [0.2, 0.25) is 10.0 Å². The Morgan fingerprint density at radius 3 is 2.60 bits per heavy atom. The normalized spacial score (nSPS) is 13.8. The number of nitrogens with zero attached hydrogens (tertiary/aromatic N) is 3. The van der Waals surface area contributed by atoms with Gasteiger partial charge in [0.05, 0.1) is 6.61 Å². The van der Waals surface area contributed by atoms with E-state index in [4.69, 9.17) is 10.5 Å². The lowest BCUT2D eigenvalue weighted by molar-refractivity contribution is 0.167. The molecule has 1 unspecified atom stereocenters. The summed E-state index contributed by atoms with van der Waals surface area (Å²) in [5.74, 6) is 0.0394. The van der Waals surface area contributed by atoms with Crippen molar-refractivity contribution in [3.63, 3.8) is 0 Å². The smallest absolute Gasteiger partial charge is 0.248 e. The van der Waals surface area contributed by atoms with Gasteiger partial charge in [-0.3, -0.25) is 4.68 Å². The zero-order valence-corrected chi connectivity index (χ0v) is 13.4. The number of aromatic nitrogens is 2. The molecule has 0 aliphatic carbocycles. The summed E-state index contributed by atoms with van der Waals surface area (Å²) in [5.41, 5.74) is 5.74. The fourth-order valence-corrected chi connectivity index (χ4v) is 3.62. The first-order valence-corrected chi connectivity index (χ1v) is 8.16. The molecule has 7 nitrogen and oxygen atoms in total. The lowest BCUT2D eigenvalue weighted by Gasteiger charge is -2.26. The number of hydrogen-bond donors (Lipinski definition) is 1. The van der Waals surface area contributed by atoms with Gasteiger partial charge in [0.1, 0.15) is 4.90 Å². The first-order valence-electron chi connectivity index (χ1n) is 6.72. The third-order valence-corrected chi connectivity index (χ3v) is 5.29. The quantitative estimate of drug-likeness (QED) is 0.771. The van der Waals surface area contributed by atoms with E-state index in [0.717, 1.165) is 0 Å². The number of hydrogen-bond acceptors (Lipinski definition) is 5. The van der Waals surface area contributed by atoms with Crippen LogP contribution in [0, 0.1) is 0 Å². The van der Waals surface area contributed by atoms with Gasteiger partial charge in [-0.2, -0.15) is 9.40 Å². The zero-order chi connectivity index (χ0) is 15.3. The number of rotatable bonds is 8. The molecule has 0 saturated carbocycles. The van der Waals surface area contributed by atoms with Crippen LogP contribution < -0.4 is 5.73 Å². The SMILES string of the molecule is CCC(C)N(CCOC)S(=O)(=O)c1cn(CC)nc1N. The predicted octanol–water partition coefficient (Wildman–Crippen LogP) is 0.921. The van der Waals surface area contributed by atoms with Crippen LogP contribution in [0.5, 0.6) is 0 Å². The molecule has 1 aromatic rings. The van der Waals surface area contributed by atoms with Crippen LogP contribution in [0.2, 0.25) is 0 Å². The van der Waals surface area contributed by atoms with Gasteiger partial charge in [0.15, 0.2) is 5.82 Å². The maximum atomic E-state index is 12.7. The number of methoxy groups -OCH3 is 1. The molecule has 0 aliphatic heterocycles. The molecule has 20 heavy (non-hydrogen) atoms. The fraction of sp³-hybridized carbons (Fsp3) is 0.750. The molecule has 116 valence electrons. The molecule has 8 heteroatoms. The van der Waals surface area contributed by atoms with Gasteiger partial charge in [-0.25, -0.2) is 8.42 Å². The van der Waals surface area contributed by atoms with E-state index >= 15 is 0 Å². The Morgan fingerprint density at radius 1 is 1.50 bits per heavy atom. The third-order valence-electron chi connectivity index (χ3n) is 3.26. The van der Waals surface area contributed by atoms with E-state index in [1.165, 1.54) is 15.2 Å². The minimum absolute atomic E-state index is 0.0394. The molecule has 0 saturated heterocycles. The molecule has 1 atom stereocenters. The molecule has 0 spiro atoms. The summed E-state index contributed by atoms with van der Waals surface area (Å²) < 4.78 is 33.4. The highest BCUT2D eigenvalue weighted by Gasteiger charge is 2.31. The summed E-state index contributed by atoms with van der Waals surface area (Å²) in [6.45, 7) is 6.89. The standard InChI is InChI=1S/C12H24N4O3S/c1-5-10(3)16(7-8-19-4)20(17,18)11-9-15(6-2)14-12(11)13/h9-10H,5-8H2,1-4H3,(H2,13,14). The molecule has 1 aromatic heterocycles. The molecule has 0 fully saturated rings.